The largest absolute Gasteiger partial charge is 0.363 e. The van der Waals surface area contributed by atoms with Crippen LogP contribution < -0.4 is 21.7 Å². The van der Waals surface area contributed by atoms with Crippen LogP contribution in [0, 0.1) is 22.7 Å². The van der Waals surface area contributed by atoms with E-state index in [0.29, 0.717) is 25.2 Å². The number of Topliss-reactive ketones (excluding diaryl/α,β-unsaturated/α-hetero) is 1. The summed E-state index contributed by atoms with van der Waals surface area (Å²) in [6.45, 7) is 17.5. The van der Waals surface area contributed by atoms with Gasteiger partial charge in [-0.2, -0.15) is 0 Å². The molecule has 0 spiro atoms. The quantitative estimate of drug-likeness (QED) is 0.162. The van der Waals surface area contributed by atoms with Gasteiger partial charge in [0.15, 0.2) is 0 Å². The van der Waals surface area contributed by atoms with Gasteiger partial charge < -0.3 is 26.6 Å². The average molecular weight is 663 g/mol. The molecular weight excluding hydrogens is 604 g/mol. The van der Waals surface area contributed by atoms with Gasteiger partial charge in [-0.15, -0.1) is 0 Å². The number of amides is 7. The Morgan fingerprint density at radius 1 is 0.915 bits per heavy atom. The third kappa shape index (κ3) is 11.3. The molecule has 2 aliphatic rings. The molecule has 0 aromatic carbocycles. The Bertz CT molecular complexity index is 1170. The summed E-state index contributed by atoms with van der Waals surface area (Å²) in [5, 5.41) is 8.44. The van der Waals surface area contributed by atoms with Crippen LogP contribution in [0.5, 0.6) is 0 Å². The van der Waals surface area contributed by atoms with E-state index in [2.05, 4.69) is 29.8 Å². The van der Waals surface area contributed by atoms with Gasteiger partial charge in [-0.3, -0.25) is 33.7 Å². The van der Waals surface area contributed by atoms with E-state index in [1.807, 2.05) is 48.5 Å². The molecular formula is C34H58N6O7. The molecule has 2 heterocycles. The molecule has 5 N–H and O–H groups in total. The number of nitrogens with zero attached hydrogens (tertiary/aromatic N) is 2. The summed E-state index contributed by atoms with van der Waals surface area (Å²) in [5.74, 6) is -3.23. The van der Waals surface area contributed by atoms with E-state index in [1.165, 1.54) is 9.80 Å². The van der Waals surface area contributed by atoms with Gasteiger partial charge in [0.2, 0.25) is 29.4 Å². The first-order chi connectivity index (χ1) is 21.7. The second-order valence-corrected chi connectivity index (χ2v) is 15.8. The minimum atomic E-state index is -1.13. The number of piperidine rings is 1. The summed E-state index contributed by atoms with van der Waals surface area (Å²) in [6.07, 6.45) is 3.76. The average Bonchev–Trinajstić information content (AvgIpc) is 3.36. The molecule has 2 unspecified atom stereocenters. The van der Waals surface area contributed by atoms with Gasteiger partial charge in [0.25, 0.3) is 5.91 Å². The number of nitrogens with two attached hydrogens (primary N) is 1. The Labute approximate surface area is 279 Å². The molecule has 0 saturated carbocycles. The third-order valence-electron chi connectivity index (χ3n) is 8.99. The lowest BCUT2D eigenvalue weighted by Crippen LogP contribution is -2.62. The van der Waals surface area contributed by atoms with E-state index < -0.39 is 64.5 Å². The van der Waals surface area contributed by atoms with Gasteiger partial charge >= 0.3 is 6.03 Å². The Kier molecular flexibility index (Phi) is 14.0. The number of likely N-dealkylation sites (tertiary alicyclic amines) is 2. The predicted octanol–water partition coefficient (Wildman–Crippen LogP) is 2.65. The SMILES string of the molecule is CCCCC(NC(=O)[C@@H]1C[C@@H](CC(C)C)CN1C(=O)[C@@H](NC(=O)NC(CN1C(=O)CCCC1=O)C(C)(C)C)C(C)(C)C)C(=O)C(N)=O. The molecule has 13 heteroatoms. The van der Waals surface area contributed by atoms with Gasteiger partial charge in [-0.05, 0) is 48.3 Å². The van der Waals surface area contributed by atoms with Crippen LogP contribution in [0.4, 0.5) is 4.79 Å². The molecule has 0 aromatic heterocycles. The second-order valence-electron chi connectivity index (χ2n) is 15.8. The summed E-state index contributed by atoms with van der Waals surface area (Å²) in [7, 11) is 0. The van der Waals surface area contributed by atoms with Crippen molar-refractivity contribution in [1.29, 1.82) is 0 Å². The molecule has 0 aliphatic carbocycles. The van der Waals surface area contributed by atoms with Crippen LogP contribution in [0.25, 0.3) is 0 Å². The van der Waals surface area contributed by atoms with Crippen molar-refractivity contribution in [3.63, 3.8) is 0 Å². The molecule has 2 aliphatic heterocycles. The van der Waals surface area contributed by atoms with E-state index in [4.69, 9.17) is 5.73 Å². The zero-order valence-corrected chi connectivity index (χ0v) is 29.9. The van der Waals surface area contributed by atoms with Crippen molar-refractivity contribution in [2.45, 2.75) is 138 Å². The first-order valence-corrected chi connectivity index (χ1v) is 17.0. The molecule has 7 amide bonds. The van der Waals surface area contributed by atoms with Crippen molar-refractivity contribution in [3.8, 4) is 0 Å². The zero-order valence-electron chi connectivity index (χ0n) is 29.9. The Morgan fingerprint density at radius 2 is 1.51 bits per heavy atom. The van der Waals surface area contributed by atoms with Gasteiger partial charge in [0, 0.05) is 25.9 Å². The van der Waals surface area contributed by atoms with Crippen LogP contribution >= 0.6 is 0 Å². The molecule has 13 nitrogen and oxygen atoms in total. The van der Waals surface area contributed by atoms with Gasteiger partial charge in [-0.25, -0.2) is 4.79 Å². The summed E-state index contributed by atoms with van der Waals surface area (Å²) >= 11 is 0. The highest BCUT2D eigenvalue weighted by atomic mass is 16.2. The molecule has 0 bridgehead atoms. The predicted molar refractivity (Wildman–Crippen MR) is 177 cm³/mol. The molecule has 47 heavy (non-hydrogen) atoms. The lowest BCUT2D eigenvalue weighted by molar-refractivity contribution is -0.148. The first kappa shape index (κ1) is 39.7. The molecule has 0 aromatic rings. The number of unbranched alkanes of at least 4 members (excludes halogenated alkanes) is 1. The van der Waals surface area contributed by atoms with Crippen LogP contribution in [0.2, 0.25) is 0 Å². The summed E-state index contributed by atoms with van der Waals surface area (Å²) < 4.78 is 0. The van der Waals surface area contributed by atoms with E-state index in [0.717, 1.165) is 12.8 Å². The van der Waals surface area contributed by atoms with Crippen molar-refractivity contribution >= 4 is 41.4 Å². The maximum Gasteiger partial charge on any atom is 0.315 e. The van der Waals surface area contributed by atoms with Crippen LogP contribution in [-0.2, 0) is 28.8 Å². The second kappa shape index (κ2) is 16.5. The van der Waals surface area contributed by atoms with Gasteiger partial charge in [0.1, 0.15) is 12.1 Å². The Hall–Kier alpha value is -3.51. The van der Waals surface area contributed by atoms with Crippen LogP contribution in [-0.4, -0.2) is 88.4 Å². The number of urea groups is 1. The smallest absolute Gasteiger partial charge is 0.315 e. The normalized spacial score (nSPS) is 20.9. The van der Waals surface area contributed by atoms with E-state index in [-0.39, 0.29) is 50.1 Å². The number of nitrogens with one attached hydrogen (secondary N) is 3. The van der Waals surface area contributed by atoms with Crippen molar-refractivity contribution < 1.29 is 33.6 Å². The minimum Gasteiger partial charge on any atom is -0.363 e. The number of hydrogen-bond donors (Lipinski definition) is 4. The first-order valence-electron chi connectivity index (χ1n) is 17.0. The van der Waals surface area contributed by atoms with Crippen LogP contribution in [0.15, 0.2) is 0 Å². The molecule has 2 fully saturated rings. The van der Waals surface area contributed by atoms with E-state index >= 15 is 0 Å². The van der Waals surface area contributed by atoms with E-state index in [1.54, 1.807) is 0 Å². The van der Waals surface area contributed by atoms with Crippen molar-refractivity contribution in [3.05, 3.63) is 0 Å². The fourth-order valence-corrected chi connectivity index (χ4v) is 6.24. The lowest BCUT2D eigenvalue weighted by Gasteiger charge is -2.38. The number of primary amides is 1. The van der Waals surface area contributed by atoms with Crippen molar-refractivity contribution in [1.82, 2.24) is 25.8 Å². The Balaban J connectivity index is 2.33. The summed E-state index contributed by atoms with van der Waals surface area (Å²) in [5.41, 5.74) is 3.96. The van der Waals surface area contributed by atoms with Crippen molar-refractivity contribution in [2.24, 2.45) is 28.4 Å². The van der Waals surface area contributed by atoms with Crippen LogP contribution in [0.1, 0.15) is 114 Å². The fraction of sp³-hybridized carbons (Fsp3) is 0.794. The number of hydrogen-bond acceptors (Lipinski definition) is 7. The molecule has 2 rings (SSSR count). The standard InChI is InChI=1S/C34H58N6O7/c1-10-11-13-22(27(43)29(35)44)36-30(45)23-17-21(16-20(2)3)18-39(23)31(46)28(34(7,8)9)38-32(47)37-24(33(4,5)6)19-40-25(41)14-12-15-26(40)42/h20-24,28H,10-19H2,1-9H3,(H2,35,44)(H,36,45)(H2,37,38,47)/t21-,22?,23+,24?,28-/m1/s1. The maximum absolute atomic E-state index is 14.3. The molecule has 2 saturated heterocycles. The van der Waals surface area contributed by atoms with Crippen LogP contribution in [0.3, 0.4) is 0 Å². The van der Waals surface area contributed by atoms with Crippen molar-refractivity contribution in [2.75, 3.05) is 13.1 Å². The fourth-order valence-electron chi connectivity index (χ4n) is 6.24. The highest BCUT2D eigenvalue weighted by Crippen LogP contribution is 2.32. The number of imide groups is 1. The Morgan fingerprint density at radius 3 is 2.00 bits per heavy atom. The lowest BCUT2D eigenvalue weighted by atomic mass is 9.85. The molecule has 0 radical (unpaired) electrons. The summed E-state index contributed by atoms with van der Waals surface area (Å²) in [4.78, 5) is 93.6. The number of carbonyl (C=O) groups excluding carboxylic acids is 7. The molecule has 5 atom stereocenters. The van der Waals surface area contributed by atoms with Gasteiger partial charge in [-0.1, -0.05) is 75.2 Å². The monoisotopic (exact) mass is 662 g/mol. The third-order valence-corrected chi connectivity index (χ3v) is 8.99. The number of carbonyl (C=O) groups is 7. The summed E-state index contributed by atoms with van der Waals surface area (Å²) in [6, 6.07) is -4.29. The number of ketones is 1. The topological polar surface area (TPSA) is 188 Å². The maximum atomic E-state index is 14.3. The highest BCUT2D eigenvalue weighted by molar-refractivity contribution is 6.37. The van der Waals surface area contributed by atoms with E-state index in [9.17, 15) is 33.6 Å². The zero-order chi connectivity index (χ0) is 35.9. The minimum absolute atomic E-state index is 0.00923. The highest BCUT2D eigenvalue weighted by Gasteiger charge is 2.46. The van der Waals surface area contributed by atoms with Gasteiger partial charge in [0.05, 0.1) is 12.1 Å². The molecule has 266 valence electrons. The number of rotatable bonds is 14.